The molecule has 2 unspecified atom stereocenters. The topological polar surface area (TPSA) is 58.2 Å². The maximum absolute atomic E-state index is 14.0. The molecule has 6 rings (SSSR count). The molecule has 4 aliphatic carbocycles. The lowest BCUT2D eigenvalue weighted by Gasteiger charge is -2.58. The number of alkyl halides is 3. The number of carbonyl (C=O) groups excluding carboxylic acids is 2. The molecule has 0 aromatic heterocycles. The van der Waals surface area contributed by atoms with Gasteiger partial charge in [-0.1, -0.05) is 44.9 Å². The molecule has 4 nitrogen and oxygen atoms in total. The van der Waals surface area contributed by atoms with Crippen LogP contribution in [0.4, 0.5) is 13.2 Å². The zero-order valence-electron chi connectivity index (χ0n) is 22.4. The van der Waals surface area contributed by atoms with E-state index < -0.39 is 17.3 Å². The summed E-state index contributed by atoms with van der Waals surface area (Å²) in [5, 5.41) is 6.63. The quantitative estimate of drug-likeness (QED) is 0.470. The van der Waals surface area contributed by atoms with Gasteiger partial charge in [-0.2, -0.15) is 13.2 Å². The molecule has 0 spiro atoms. The summed E-state index contributed by atoms with van der Waals surface area (Å²) >= 11 is 0. The summed E-state index contributed by atoms with van der Waals surface area (Å²) in [6.07, 6.45) is 8.96. The third-order valence-corrected chi connectivity index (χ3v) is 11.6. The number of carbonyl (C=O) groups is 2. The monoisotopic (exact) mass is 528 g/mol. The molecule has 0 radical (unpaired) electrons. The van der Waals surface area contributed by atoms with Gasteiger partial charge in [-0.25, -0.2) is 0 Å². The number of fused-ring (bicyclic) bond motifs is 5. The lowest BCUT2D eigenvalue weighted by molar-refractivity contribution is -0.138. The minimum Gasteiger partial charge on any atom is -0.349 e. The van der Waals surface area contributed by atoms with Crippen molar-refractivity contribution in [3.8, 4) is 0 Å². The SMILES string of the molecule is C[C@]12C=CC(=O)NC1CC[C@@H]1[C@H]2CC[C@]2(C)C(C(=O)NC3(c4ccc(C(F)(F)F)cc4)CCCC3)CC[C@@H]12. The van der Waals surface area contributed by atoms with Crippen molar-refractivity contribution in [2.45, 2.75) is 95.8 Å². The first-order chi connectivity index (χ1) is 18.0. The molecule has 1 aliphatic heterocycles. The molecule has 206 valence electrons. The van der Waals surface area contributed by atoms with Crippen molar-refractivity contribution in [1.82, 2.24) is 10.6 Å². The molecule has 1 aromatic rings. The molecule has 38 heavy (non-hydrogen) atoms. The molecule has 2 N–H and O–H groups in total. The molecule has 5 aliphatic rings. The maximum Gasteiger partial charge on any atom is 0.416 e. The third-order valence-electron chi connectivity index (χ3n) is 11.6. The third kappa shape index (κ3) is 3.93. The summed E-state index contributed by atoms with van der Waals surface area (Å²) in [5.74, 6) is 1.55. The molecule has 7 heteroatoms. The molecule has 0 saturated heterocycles. The van der Waals surface area contributed by atoms with Crippen LogP contribution in [0.5, 0.6) is 0 Å². The van der Waals surface area contributed by atoms with E-state index in [1.54, 1.807) is 18.2 Å². The number of rotatable bonds is 3. The van der Waals surface area contributed by atoms with Crippen LogP contribution in [0, 0.1) is 34.5 Å². The van der Waals surface area contributed by atoms with E-state index in [2.05, 4.69) is 30.6 Å². The Kier molecular flexibility index (Phi) is 6.04. The fraction of sp³-hybridized carbons (Fsp3) is 0.677. The van der Waals surface area contributed by atoms with Crippen LogP contribution in [0.25, 0.3) is 0 Å². The fourth-order valence-corrected chi connectivity index (χ4v) is 9.53. The van der Waals surface area contributed by atoms with Gasteiger partial charge in [0.25, 0.3) is 0 Å². The first kappa shape index (κ1) is 25.9. The van der Waals surface area contributed by atoms with Gasteiger partial charge in [0.05, 0.1) is 11.1 Å². The Balaban J connectivity index is 1.22. The predicted octanol–water partition coefficient (Wildman–Crippen LogP) is 6.50. The second kappa shape index (κ2) is 8.85. The van der Waals surface area contributed by atoms with Gasteiger partial charge < -0.3 is 10.6 Å². The Bertz CT molecular complexity index is 1140. The molecule has 2 amide bonds. The van der Waals surface area contributed by atoms with Crippen LogP contribution in [0.3, 0.4) is 0 Å². The van der Waals surface area contributed by atoms with E-state index in [0.717, 1.165) is 81.9 Å². The highest BCUT2D eigenvalue weighted by atomic mass is 19.4. The van der Waals surface area contributed by atoms with E-state index in [0.29, 0.717) is 17.8 Å². The minimum absolute atomic E-state index is 0.0121. The van der Waals surface area contributed by atoms with Gasteiger partial charge in [-0.05, 0) is 98.3 Å². The highest BCUT2D eigenvalue weighted by molar-refractivity contribution is 5.89. The number of hydrogen-bond donors (Lipinski definition) is 2. The average molecular weight is 529 g/mol. The average Bonchev–Trinajstić information content (AvgIpc) is 3.49. The fourth-order valence-electron chi connectivity index (χ4n) is 9.53. The summed E-state index contributed by atoms with van der Waals surface area (Å²) in [4.78, 5) is 26.0. The summed E-state index contributed by atoms with van der Waals surface area (Å²) in [7, 11) is 0. The first-order valence-electron chi connectivity index (χ1n) is 14.5. The van der Waals surface area contributed by atoms with Crippen LogP contribution in [0.1, 0.15) is 89.2 Å². The lowest BCUT2D eigenvalue weighted by atomic mass is 9.48. The summed E-state index contributed by atoms with van der Waals surface area (Å²) < 4.78 is 39.5. The number of amides is 2. The molecule has 0 bridgehead atoms. The number of halogens is 3. The Morgan fingerprint density at radius 3 is 2.34 bits per heavy atom. The Labute approximate surface area is 223 Å². The van der Waals surface area contributed by atoms with Gasteiger partial charge in [0.2, 0.25) is 11.8 Å². The van der Waals surface area contributed by atoms with E-state index in [1.165, 1.54) is 0 Å². The molecule has 4 saturated carbocycles. The number of nitrogens with one attached hydrogen (secondary N) is 2. The molecular weight excluding hydrogens is 489 g/mol. The van der Waals surface area contributed by atoms with Gasteiger partial charge in [-0.3, -0.25) is 9.59 Å². The van der Waals surface area contributed by atoms with Crippen LogP contribution in [-0.4, -0.2) is 17.9 Å². The second-order valence-electron chi connectivity index (χ2n) is 13.2. The second-order valence-corrected chi connectivity index (χ2v) is 13.2. The van der Waals surface area contributed by atoms with Crippen molar-refractivity contribution < 1.29 is 22.8 Å². The van der Waals surface area contributed by atoms with Crippen molar-refractivity contribution in [2.24, 2.45) is 34.5 Å². The van der Waals surface area contributed by atoms with Crippen LogP contribution in [-0.2, 0) is 21.3 Å². The van der Waals surface area contributed by atoms with E-state index >= 15 is 0 Å². The zero-order chi connectivity index (χ0) is 26.9. The summed E-state index contributed by atoms with van der Waals surface area (Å²) in [6.45, 7) is 4.62. The van der Waals surface area contributed by atoms with E-state index in [4.69, 9.17) is 0 Å². The number of hydrogen-bond acceptors (Lipinski definition) is 2. The van der Waals surface area contributed by atoms with Crippen LogP contribution in [0.15, 0.2) is 36.4 Å². The highest BCUT2D eigenvalue weighted by Gasteiger charge is 2.61. The molecular formula is C31H39F3N2O2. The highest BCUT2D eigenvalue weighted by Crippen LogP contribution is 2.65. The maximum atomic E-state index is 14.0. The van der Waals surface area contributed by atoms with Crippen molar-refractivity contribution in [3.63, 3.8) is 0 Å². The standard InChI is InChI=1S/C31H39F3N2O2/c1-28-17-13-23-21(9-12-25-29(23,2)18-14-26(37)35-25)22(28)10-11-24(28)27(38)36-30(15-3-4-16-30)19-5-7-20(8-6-19)31(32,33)34/h5-8,14,18,21-25H,3-4,9-13,15-17H2,1-2H3,(H,35,37)(H,36,38)/t21-,22-,23+,24?,25?,28-,29+/m0/s1. The molecule has 1 heterocycles. The van der Waals surface area contributed by atoms with Crippen molar-refractivity contribution in [3.05, 3.63) is 47.5 Å². The van der Waals surface area contributed by atoms with Gasteiger partial charge in [0.15, 0.2) is 0 Å². The van der Waals surface area contributed by atoms with Crippen molar-refractivity contribution in [1.29, 1.82) is 0 Å². The normalized spacial score (nSPS) is 39.6. The van der Waals surface area contributed by atoms with Crippen LogP contribution >= 0.6 is 0 Å². The van der Waals surface area contributed by atoms with Gasteiger partial charge in [0, 0.05) is 17.4 Å². The van der Waals surface area contributed by atoms with Crippen molar-refractivity contribution in [2.75, 3.05) is 0 Å². The Morgan fingerprint density at radius 1 is 0.947 bits per heavy atom. The summed E-state index contributed by atoms with van der Waals surface area (Å²) in [5.41, 5.74) is -0.550. The smallest absolute Gasteiger partial charge is 0.349 e. The Hall–Kier alpha value is -2.31. The van der Waals surface area contributed by atoms with E-state index in [9.17, 15) is 22.8 Å². The van der Waals surface area contributed by atoms with Crippen LogP contribution < -0.4 is 10.6 Å². The number of benzene rings is 1. The van der Waals surface area contributed by atoms with Crippen molar-refractivity contribution >= 4 is 11.8 Å². The van der Waals surface area contributed by atoms with E-state index in [-0.39, 0.29) is 34.6 Å². The van der Waals surface area contributed by atoms with E-state index in [1.807, 2.05) is 0 Å². The largest absolute Gasteiger partial charge is 0.416 e. The summed E-state index contributed by atoms with van der Waals surface area (Å²) in [6, 6.07) is 5.61. The lowest BCUT2D eigenvalue weighted by Crippen LogP contribution is -2.59. The molecule has 4 fully saturated rings. The van der Waals surface area contributed by atoms with Crippen LogP contribution in [0.2, 0.25) is 0 Å². The predicted molar refractivity (Wildman–Crippen MR) is 139 cm³/mol. The molecule has 1 aromatic carbocycles. The minimum atomic E-state index is -4.37. The van der Waals surface area contributed by atoms with Gasteiger partial charge in [0.1, 0.15) is 0 Å². The Morgan fingerprint density at radius 2 is 1.66 bits per heavy atom. The molecule has 7 atom stereocenters. The first-order valence-corrected chi connectivity index (χ1v) is 14.5. The van der Waals surface area contributed by atoms with Gasteiger partial charge in [-0.15, -0.1) is 0 Å². The van der Waals surface area contributed by atoms with Gasteiger partial charge >= 0.3 is 6.18 Å². The zero-order valence-corrected chi connectivity index (χ0v) is 22.4.